The highest BCUT2D eigenvalue weighted by molar-refractivity contribution is 6.40. The molecule has 0 bridgehead atoms. The van der Waals surface area contributed by atoms with Gasteiger partial charge in [0, 0.05) is 12.6 Å². The number of carbonyl (C=O) groups excluding carboxylic acids is 2. The summed E-state index contributed by atoms with van der Waals surface area (Å²) in [6.07, 6.45) is 0. The van der Waals surface area contributed by atoms with E-state index in [9.17, 15) is 9.59 Å². The van der Waals surface area contributed by atoms with Crippen LogP contribution in [0.1, 0.15) is 37.8 Å². The number of amides is 2. The molecule has 0 aliphatic heterocycles. The number of benzene rings is 2. The molecule has 2 amide bonds. The molecule has 0 radical (unpaired) electrons. The molecule has 138 valence electrons. The lowest BCUT2D eigenvalue weighted by Gasteiger charge is -2.24. The van der Waals surface area contributed by atoms with Gasteiger partial charge >= 0.3 is 0 Å². The van der Waals surface area contributed by atoms with Crippen molar-refractivity contribution in [2.24, 2.45) is 0 Å². The molecule has 2 aromatic rings. The predicted octanol–water partition coefficient (Wildman–Crippen LogP) is 5.42. The second kappa shape index (κ2) is 8.56. The molecular weight excluding hydrogens is 371 g/mol. The number of carbonyl (C=O) groups is 2. The van der Waals surface area contributed by atoms with Gasteiger partial charge < -0.3 is 10.2 Å². The topological polar surface area (TPSA) is 49.4 Å². The molecule has 0 saturated carbocycles. The van der Waals surface area contributed by atoms with Crippen molar-refractivity contribution in [2.75, 3.05) is 16.8 Å². The van der Waals surface area contributed by atoms with Crippen molar-refractivity contribution in [2.45, 2.75) is 33.6 Å². The summed E-state index contributed by atoms with van der Waals surface area (Å²) >= 11 is 12.4. The highest BCUT2D eigenvalue weighted by atomic mass is 35.5. The Morgan fingerprint density at radius 3 is 2.19 bits per heavy atom. The summed E-state index contributed by atoms with van der Waals surface area (Å²) in [4.78, 5) is 26.1. The standard InChI is InChI=1S/C20H22Cl2N2O2/c1-12(2)15-8-5-7-13(3)19(15)23-18(26)11-24(14(4)25)20-16(21)9-6-10-17(20)22/h5-10,12H,11H2,1-4H3,(H,23,26). The molecule has 0 unspecified atom stereocenters. The van der Waals surface area contributed by atoms with Crippen LogP contribution >= 0.6 is 23.2 Å². The Balaban J connectivity index is 2.30. The maximum atomic E-state index is 12.7. The SMILES string of the molecule is CC(=O)N(CC(=O)Nc1c(C)cccc1C(C)C)c1c(Cl)cccc1Cl. The average Bonchev–Trinajstić information content (AvgIpc) is 2.55. The van der Waals surface area contributed by atoms with E-state index in [4.69, 9.17) is 23.2 Å². The molecule has 26 heavy (non-hydrogen) atoms. The van der Waals surface area contributed by atoms with Gasteiger partial charge in [-0.3, -0.25) is 9.59 Å². The van der Waals surface area contributed by atoms with E-state index in [0.29, 0.717) is 15.7 Å². The third-order valence-electron chi connectivity index (χ3n) is 4.08. The molecule has 0 atom stereocenters. The van der Waals surface area contributed by atoms with E-state index in [-0.39, 0.29) is 24.3 Å². The number of rotatable bonds is 5. The van der Waals surface area contributed by atoms with Gasteiger partial charge in [-0.05, 0) is 36.1 Å². The van der Waals surface area contributed by atoms with Gasteiger partial charge in [0.25, 0.3) is 0 Å². The minimum atomic E-state index is -0.316. The summed E-state index contributed by atoms with van der Waals surface area (Å²) in [6.45, 7) is 7.27. The molecule has 0 spiro atoms. The van der Waals surface area contributed by atoms with Crippen molar-refractivity contribution in [3.63, 3.8) is 0 Å². The molecule has 4 nitrogen and oxygen atoms in total. The smallest absolute Gasteiger partial charge is 0.244 e. The fourth-order valence-corrected chi connectivity index (χ4v) is 3.36. The van der Waals surface area contributed by atoms with E-state index >= 15 is 0 Å². The Morgan fingerprint density at radius 1 is 1.08 bits per heavy atom. The van der Waals surface area contributed by atoms with Crippen LogP contribution in [-0.4, -0.2) is 18.4 Å². The first-order valence-electron chi connectivity index (χ1n) is 8.33. The number of nitrogens with one attached hydrogen (secondary N) is 1. The second-order valence-electron chi connectivity index (χ2n) is 6.42. The predicted molar refractivity (Wildman–Crippen MR) is 108 cm³/mol. The maximum Gasteiger partial charge on any atom is 0.244 e. The molecule has 0 saturated heterocycles. The fourth-order valence-electron chi connectivity index (χ4n) is 2.76. The number of aryl methyl sites for hydroxylation is 1. The second-order valence-corrected chi connectivity index (χ2v) is 7.23. The molecule has 0 aliphatic rings. The van der Waals surface area contributed by atoms with Crippen molar-refractivity contribution in [1.29, 1.82) is 0 Å². The van der Waals surface area contributed by atoms with Gasteiger partial charge in [0.15, 0.2) is 0 Å². The number of hydrogen-bond donors (Lipinski definition) is 1. The minimum absolute atomic E-state index is 0.176. The van der Waals surface area contributed by atoms with Crippen LogP contribution in [0.4, 0.5) is 11.4 Å². The number of hydrogen-bond acceptors (Lipinski definition) is 2. The summed E-state index contributed by atoms with van der Waals surface area (Å²) in [6, 6.07) is 10.8. The summed E-state index contributed by atoms with van der Waals surface area (Å²) in [5.41, 5.74) is 3.13. The summed E-state index contributed by atoms with van der Waals surface area (Å²) in [5, 5.41) is 3.57. The van der Waals surface area contributed by atoms with Crippen LogP contribution in [0.3, 0.4) is 0 Å². The van der Waals surface area contributed by atoms with Gasteiger partial charge in [0.1, 0.15) is 6.54 Å². The molecule has 2 rings (SSSR count). The lowest BCUT2D eigenvalue weighted by atomic mass is 9.98. The number of nitrogens with zero attached hydrogens (tertiary/aromatic N) is 1. The van der Waals surface area contributed by atoms with Crippen molar-refractivity contribution >= 4 is 46.4 Å². The fraction of sp³-hybridized carbons (Fsp3) is 0.300. The maximum absolute atomic E-state index is 12.7. The van der Waals surface area contributed by atoms with Crippen LogP contribution in [0.15, 0.2) is 36.4 Å². The Labute approximate surface area is 164 Å². The molecule has 0 heterocycles. The quantitative estimate of drug-likeness (QED) is 0.738. The molecule has 2 aromatic carbocycles. The zero-order valence-electron chi connectivity index (χ0n) is 15.3. The van der Waals surface area contributed by atoms with Crippen molar-refractivity contribution in [3.05, 3.63) is 57.6 Å². The van der Waals surface area contributed by atoms with Crippen LogP contribution in [0.5, 0.6) is 0 Å². The van der Waals surface area contributed by atoms with Crippen LogP contribution in [0.2, 0.25) is 10.0 Å². The van der Waals surface area contributed by atoms with Crippen LogP contribution in [-0.2, 0) is 9.59 Å². The third kappa shape index (κ3) is 4.57. The first-order chi connectivity index (χ1) is 12.2. The lowest BCUT2D eigenvalue weighted by molar-refractivity contribution is -0.120. The normalized spacial score (nSPS) is 10.7. The van der Waals surface area contributed by atoms with E-state index in [1.807, 2.05) is 25.1 Å². The minimum Gasteiger partial charge on any atom is -0.324 e. The van der Waals surface area contributed by atoms with Gasteiger partial charge in [0.05, 0.1) is 15.7 Å². The third-order valence-corrected chi connectivity index (χ3v) is 4.69. The molecule has 1 N–H and O–H groups in total. The van der Waals surface area contributed by atoms with E-state index in [0.717, 1.165) is 16.8 Å². The average molecular weight is 393 g/mol. The monoisotopic (exact) mass is 392 g/mol. The molecule has 0 fully saturated rings. The van der Waals surface area contributed by atoms with Crippen molar-refractivity contribution in [3.8, 4) is 0 Å². The molecular formula is C20H22Cl2N2O2. The van der Waals surface area contributed by atoms with Crippen molar-refractivity contribution in [1.82, 2.24) is 0 Å². The van der Waals surface area contributed by atoms with Gasteiger partial charge in [-0.1, -0.05) is 61.3 Å². The molecule has 0 aromatic heterocycles. The van der Waals surface area contributed by atoms with Crippen LogP contribution in [0, 0.1) is 6.92 Å². The van der Waals surface area contributed by atoms with E-state index in [2.05, 4.69) is 19.2 Å². The van der Waals surface area contributed by atoms with Gasteiger partial charge in [-0.2, -0.15) is 0 Å². The van der Waals surface area contributed by atoms with Crippen LogP contribution in [0.25, 0.3) is 0 Å². The summed E-state index contributed by atoms with van der Waals surface area (Å²) < 4.78 is 0. The van der Waals surface area contributed by atoms with Gasteiger partial charge in [0.2, 0.25) is 11.8 Å². The Kier molecular flexibility index (Phi) is 6.68. The Hall–Kier alpha value is -2.04. The first-order valence-corrected chi connectivity index (χ1v) is 9.09. The van der Waals surface area contributed by atoms with E-state index in [1.165, 1.54) is 11.8 Å². The zero-order chi connectivity index (χ0) is 19.4. The van der Waals surface area contributed by atoms with Gasteiger partial charge in [-0.15, -0.1) is 0 Å². The van der Waals surface area contributed by atoms with Crippen LogP contribution < -0.4 is 10.2 Å². The number of anilines is 2. The number of halogens is 2. The zero-order valence-corrected chi connectivity index (χ0v) is 16.8. The summed E-state index contributed by atoms with van der Waals surface area (Å²) in [5.74, 6) is -0.372. The Bertz CT molecular complexity index is 814. The first kappa shape index (κ1) is 20.3. The lowest BCUT2D eigenvalue weighted by Crippen LogP contribution is -2.37. The van der Waals surface area contributed by atoms with Crippen molar-refractivity contribution < 1.29 is 9.59 Å². The van der Waals surface area contributed by atoms with E-state index < -0.39 is 0 Å². The van der Waals surface area contributed by atoms with Gasteiger partial charge in [-0.25, -0.2) is 0 Å². The molecule has 0 aliphatic carbocycles. The molecule has 6 heteroatoms. The highest BCUT2D eigenvalue weighted by Gasteiger charge is 2.22. The Morgan fingerprint density at radius 2 is 1.65 bits per heavy atom. The largest absolute Gasteiger partial charge is 0.324 e. The summed E-state index contributed by atoms with van der Waals surface area (Å²) in [7, 11) is 0. The highest BCUT2D eigenvalue weighted by Crippen LogP contribution is 2.34. The number of para-hydroxylation sites is 2. The van der Waals surface area contributed by atoms with E-state index in [1.54, 1.807) is 18.2 Å².